The predicted octanol–water partition coefficient (Wildman–Crippen LogP) is 2.26. The van der Waals surface area contributed by atoms with Gasteiger partial charge in [0.25, 0.3) is 5.69 Å². The topological polar surface area (TPSA) is 80.5 Å². The molecule has 0 radical (unpaired) electrons. The minimum Gasteiger partial charge on any atom is -0.258 e. The molecule has 1 aliphatic rings. The molecule has 0 aromatic heterocycles. The lowest BCUT2D eigenvalue weighted by Gasteiger charge is -2.34. The molecule has 7 heteroatoms. The average Bonchev–Trinajstić information content (AvgIpc) is 2.37. The molecule has 0 unspecified atom stereocenters. The lowest BCUT2D eigenvalue weighted by molar-refractivity contribution is -0.384. The van der Waals surface area contributed by atoms with E-state index in [-0.39, 0.29) is 10.6 Å². The molecule has 110 valence electrons. The number of piperidine rings is 1. The SMILES string of the molecule is C[C@@H]1C[C@@H](C)CN(S(=O)(=O)c2ccc([N+](=O)[O-])cc2)C1. The van der Waals surface area contributed by atoms with E-state index in [1.54, 1.807) is 0 Å². The summed E-state index contributed by atoms with van der Waals surface area (Å²) in [6.45, 7) is 5.08. The summed E-state index contributed by atoms with van der Waals surface area (Å²) in [5.74, 6) is 0.651. The van der Waals surface area contributed by atoms with E-state index in [1.807, 2.05) is 13.8 Å². The van der Waals surface area contributed by atoms with Gasteiger partial charge in [0.05, 0.1) is 9.82 Å². The Kier molecular flexibility index (Phi) is 4.10. The number of hydrogen-bond donors (Lipinski definition) is 0. The second-order valence-electron chi connectivity index (χ2n) is 5.52. The summed E-state index contributed by atoms with van der Waals surface area (Å²) < 4.78 is 26.5. The number of nitro benzene ring substituents is 1. The largest absolute Gasteiger partial charge is 0.269 e. The molecule has 1 aromatic carbocycles. The van der Waals surface area contributed by atoms with Gasteiger partial charge < -0.3 is 0 Å². The van der Waals surface area contributed by atoms with Gasteiger partial charge in [0, 0.05) is 25.2 Å². The monoisotopic (exact) mass is 298 g/mol. The van der Waals surface area contributed by atoms with Crippen LogP contribution >= 0.6 is 0 Å². The standard InChI is InChI=1S/C13H18N2O4S/c1-10-7-11(2)9-14(8-10)20(18,19)13-5-3-12(4-6-13)15(16)17/h3-6,10-11H,7-9H2,1-2H3/t10-,11-/m1/s1. The van der Waals surface area contributed by atoms with Gasteiger partial charge in [-0.25, -0.2) is 8.42 Å². The van der Waals surface area contributed by atoms with Gasteiger partial charge in [0.15, 0.2) is 0 Å². The van der Waals surface area contributed by atoms with Crippen molar-refractivity contribution in [3.8, 4) is 0 Å². The summed E-state index contributed by atoms with van der Waals surface area (Å²) in [7, 11) is -3.56. The van der Waals surface area contributed by atoms with E-state index in [0.29, 0.717) is 24.9 Å². The first-order valence-electron chi connectivity index (χ1n) is 6.55. The first-order chi connectivity index (χ1) is 9.30. The number of sulfonamides is 1. The van der Waals surface area contributed by atoms with E-state index in [1.165, 1.54) is 28.6 Å². The van der Waals surface area contributed by atoms with Crippen LogP contribution < -0.4 is 0 Å². The van der Waals surface area contributed by atoms with Crippen molar-refractivity contribution in [1.82, 2.24) is 4.31 Å². The van der Waals surface area contributed by atoms with Crippen LogP contribution in [-0.4, -0.2) is 30.7 Å². The summed E-state index contributed by atoms with van der Waals surface area (Å²) in [6.07, 6.45) is 1.02. The van der Waals surface area contributed by atoms with Crippen molar-refractivity contribution < 1.29 is 13.3 Å². The average molecular weight is 298 g/mol. The fraction of sp³-hybridized carbons (Fsp3) is 0.538. The summed E-state index contributed by atoms with van der Waals surface area (Å²) in [6, 6.07) is 5.06. The third-order valence-electron chi connectivity index (χ3n) is 3.52. The maximum absolute atomic E-state index is 12.5. The second kappa shape index (κ2) is 5.49. The zero-order valence-corrected chi connectivity index (χ0v) is 12.3. The zero-order valence-electron chi connectivity index (χ0n) is 11.5. The van der Waals surface area contributed by atoms with Crippen molar-refractivity contribution >= 4 is 15.7 Å². The summed E-state index contributed by atoms with van der Waals surface area (Å²) in [5.41, 5.74) is -0.107. The second-order valence-corrected chi connectivity index (χ2v) is 7.46. The van der Waals surface area contributed by atoms with Crippen LogP contribution in [0.5, 0.6) is 0 Å². The van der Waals surface area contributed by atoms with Gasteiger partial charge in [-0.15, -0.1) is 0 Å². The molecule has 0 saturated carbocycles. The van der Waals surface area contributed by atoms with Gasteiger partial charge in [0.1, 0.15) is 0 Å². The van der Waals surface area contributed by atoms with E-state index < -0.39 is 14.9 Å². The minimum atomic E-state index is -3.56. The van der Waals surface area contributed by atoms with Crippen molar-refractivity contribution in [2.45, 2.75) is 25.2 Å². The van der Waals surface area contributed by atoms with Crippen LogP contribution in [0.2, 0.25) is 0 Å². The highest BCUT2D eigenvalue weighted by Gasteiger charge is 2.31. The van der Waals surface area contributed by atoms with Crippen molar-refractivity contribution in [3.05, 3.63) is 34.4 Å². The van der Waals surface area contributed by atoms with E-state index in [0.717, 1.165) is 6.42 Å². The van der Waals surface area contributed by atoms with E-state index >= 15 is 0 Å². The van der Waals surface area contributed by atoms with Crippen LogP contribution in [0.3, 0.4) is 0 Å². The third kappa shape index (κ3) is 2.99. The highest BCUT2D eigenvalue weighted by molar-refractivity contribution is 7.89. The van der Waals surface area contributed by atoms with Crippen LogP contribution in [-0.2, 0) is 10.0 Å². The molecule has 6 nitrogen and oxygen atoms in total. The summed E-state index contributed by atoms with van der Waals surface area (Å²) in [4.78, 5) is 10.2. The molecule has 1 aromatic rings. The van der Waals surface area contributed by atoms with Crippen molar-refractivity contribution in [1.29, 1.82) is 0 Å². The van der Waals surface area contributed by atoms with E-state index in [4.69, 9.17) is 0 Å². The maximum atomic E-state index is 12.5. The fourth-order valence-electron chi connectivity index (χ4n) is 2.69. The number of rotatable bonds is 3. The van der Waals surface area contributed by atoms with Gasteiger partial charge in [0.2, 0.25) is 10.0 Å². The molecular formula is C13H18N2O4S. The van der Waals surface area contributed by atoms with Crippen molar-refractivity contribution in [2.24, 2.45) is 11.8 Å². The fourth-order valence-corrected chi connectivity index (χ4v) is 4.37. The van der Waals surface area contributed by atoms with E-state index in [2.05, 4.69) is 0 Å². The van der Waals surface area contributed by atoms with Crippen molar-refractivity contribution in [3.63, 3.8) is 0 Å². The molecule has 0 N–H and O–H groups in total. The maximum Gasteiger partial charge on any atom is 0.269 e. The summed E-state index contributed by atoms with van der Waals surface area (Å²) in [5, 5.41) is 10.6. The van der Waals surface area contributed by atoms with Gasteiger partial charge in [-0.2, -0.15) is 4.31 Å². The zero-order chi connectivity index (χ0) is 14.9. The molecule has 0 aliphatic carbocycles. The Hall–Kier alpha value is -1.47. The minimum absolute atomic E-state index is 0.107. The Morgan fingerprint density at radius 2 is 1.65 bits per heavy atom. The normalized spacial score (nSPS) is 24.5. The van der Waals surface area contributed by atoms with Crippen LogP contribution in [0.25, 0.3) is 0 Å². The lowest BCUT2D eigenvalue weighted by Crippen LogP contribution is -2.42. The number of hydrogen-bond acceptors (Lipinski definition) is 4. The van der Waals surface area contributed by atoms with Gasteiger partial charge in [-0.05, 0) is 30.4 Å². The first kappa shape index (κ1) is 14.9. The van der Waals surface area contributed by atoms with Crippen LogP contribution in [0.15, 0.2) is 29.2 Å². The Morgan fingerprint density at radius 1 is 1.15 bits per heavy atom. The Bertz CT molecular complexity index is 587. The molecule has 1 fully saturated rings. The molecular weight excluding hydrogens is 280 g/mol. The van der Waals surface area contributed by atoms with Crippen LogP contribution in [0.4, 0.5) is 5.69 Å². The van der Waals surface area contributed by atoms with Gasteiger partial charge in [-0.1, -0.05) is 13.8 Å². The van der Waals surface area contributed by atoms with E-state index in [9.17, 15) is 18.5 Å². The molecule has 0 spiro atoms. The lowest BCUT2D eigenvalue weighted by atomic mass is 9.94. The molecule has 0 amide bonds. The Balaban J connectivity index is 2.27. The van der Waals surface area contributed by atoms with Crippen molar-refractivity contribution in [2.75, 3.05) is 13.1 Å². The molecule has 2 rings (SSSR count). The van der Waals surface area contributed by atoms with Crippen LogP contribution in [0.1, 0.15) is 20.3 Å². The number of nitrogens with zero attached hydrogens (tertiary/aromatic N) is 2. The third-order valence-corrected chi connectivity index (χ3v) is 5.37. The smallest absolute Gasteiger partial charge is 0.258 e. The van der Waals surface area contributed by atoms with Gasteiger partial charge in [-0.3, -0.25) is 10.1 Å². The first-order valence-corrected chi connectivity index (χ1v) is 7.99. The molecule has 1 heterocycles. The quantitative estimate of drug-likeness (QED) is 0.633. The molecule has 20 heavy (non-hydrogen) atoms. The molecule has 1 saturated heterocycles. The molecule has 2 atom stereocenters. The number of nitro groups is 1. The highest BCUT2D eigenvalue weighted by atomic mass is 32.2. The Labute approximate surface area is 118 Å². The predicted molar refractivity (Wildman–Crippen MR) is 74.8 cm³/mol. The van der Waals surface area contributed by atoms with Gasteiger partial charge >= 0.3 is 0 Å². The Morgan fingerprint density at radius 3 is 2.10 bits per heavy atom. The number of non-ortho nitro benzene ring substituents is 1. The highest BCUT2D eigenvalue weighted by Crippen LogP contribution is 2.27. The molecule has 0 bridgehead atoms. The number of benzene rings is 1. The van der Waals surface area contributed by atoms with Crippen LogP contribution in [0, 0.1) is 22.0 Å². The molecule has 1 aliphatic heterocycles. The summed E-state index contributed by atoms with van der Waals surface area (Å²) >= 11 is 0.